The van der Waals surface area contributed by atoms with Gasteiger partial charge in [-0.15, -0.1) is 0 Å². The second-order valence-corrected chi connectivity index (χ2v) is 5.15. The van der Waals surface area contributed by atoms with E-state index in [1.54, 1.807) is 19.2 Å². The van der Waals surface area contributed by atoms with E-state index in [1.165, 1.54) is 12.1 Å². The summed E-state index contributed by atoms with van der Waals surface area (Å²) in [5.74, 6) is 0.456. The normalized spacial score (nSPS) is 10.7. The quantitative estimate of drug-likeness (QED) is 0.787. The van der Waals surface area contributed by atoms with Gasteiger partial charge in [0.15, 0.2) is 0 Å². The highest BCUT2D eigenvalue weighted by Gasteiger charge is 2.14. The van der Waals surface area contributed by atoms with Gasteiger partial charge in [0.2, 0.25) is 0 Å². The average molecular weight is 311 g/mol. The molecule has 0 atom stereocenters. The molecule has 5 heteroatoms. The van der Waals surface area contributed by atoms with Gasteiger partial charge < -0.3 is 10.5 Å². The van der Waals surface area contributed by atoms with Crippen LogP contribution in [0.5, 0.6) is 5.75 Å². The fraction of sp³-hybridized carbons (Fsp3) is 0.167. The maximum absolute atomic E-state index is 13.2. The average Bonchev–Trinajstić information content (AvgIpc) is 2.99. The van der Waals surface area contributed by atoms with E-state index in [0.29, 0.717) is 13.0 Å². The zero-order chi connectivity index (χ0) is 16.2. The molecule has 3 aromatic rings. The van der Waals surface area contributed by atoms with Gasteiger partial charge in [0.05, 0.1) is 18.5 Å². The summed E-state index contributed by atoms with van der Waals surface area (Å²) in [6.45, 7) is 0.520. The Bertz CT molecular complexity index is 796. The van der Waals surface area contributed by atoms with E-state index in [-0.39, 0.29) is 5.82 Å². The molecule has 0 saturated carbocycles. The van der Waals surface area contributed by atoms with Crippen LogP contribution in [0.2, 0.25) is 0 Å². The molecular formula is C18H18FN3O. The summed E-state index contributed by atoms with van der Waals surface area (Å²) in [7, 11) is 1.63. The van der Waals surface area contributed by atoms with Crippen LogP contribution in [-0.4, -0.2) is 23.4 Å². The molecule has 1 aromatic heterocycles. The van der Waals surface area contributed by atoms with Crippen LogP contribution in [0, 0.1) is 5.82 Å². The van der Waals surface area contributed by atoms with Crippen molar-refractivity contribution in [2.45, 2.75) is 6.42 Å². The Hall–Kier alpha value is -2.66. The van der Waals surface area contributed by atoms with E-state index in [2.05, 4.69) is 5.10 Å². The van der Waals surface area contributed by atoms with E-state index in [1.807, 2.05) is 35.0 Å². The van der Waals surface area contributed by atoms with Gasteiger partial charge in [0.1, 0.15) is 17.3 Å². The first kappa shape index (κ1) is 15.2. The predicted molar refractivity (Wildman–Crippen MR) is 88.3 cm³/mol. The Labute approximate surface area is 134 Å². The lowest BCUT2D eigenvalue weighted by Gasteiger charge is -2.11. The molecular weight excluding hydrogens is 293 g/mol. The van der Waals surface area contributed by atoms with Gasteiger partial charge in [0.25, 0.3) is 0 Å². The lowest BCUT2D eigenvalue weighted by Crippen LogP contribution is -2.05. The van der Waals surface area contributed by atoms with Crippen LogP contribution in [0.4, 0.5) is 4.39 Å². The van der Waals surface area contributed by atoms with Crippen molar-refractivity contribution in [2.75, 3.05) is 13.7 Å². The number of benzene rings is 2. The summed E-state index contributed by atoms with van der Waals surface area (Å²) < 4.78 is 20.5. The number of nitrogens with two attached hydrogens (primary N) is 1. The summed E-state index contributed by atoms with van der Waals surface area (Å²) in [6, 6.07) is 16.0. The lowest BCUT2D eigenvalue weighted by molar-refractivity contribution is 0.412. The highest BCUT2D eigenvalue weighted by atomic mass is 19.1. The molecule has 118 valence electrons. The first-order valence-electron chi connectivity index (χ1n) is 7.41. The smallest absolute Gasteiger partial charge is 0.144 e. The summed E-state index contributed by atoms with van der Waals surface area (Å²) in [4.78, 5) is 0. The van der Waals surface area contributed by atoms with Gasteiger partial charge in [-0.25, -0.2) is 9.07 Å². The third kappa shape index (κ3) is 3.10. The fourth-order valence-corrected chi connectivity index (χ4v) is 2.51. The molecule has 23 heavy (non-hydrogen) atoms. The molecule has 2 aromatic carbocycles. The topological polar surface area (TPSA) is 53.1 Å². The number of aromatic nitrogens is 2. The van der Waals surface area contributed by atoms with Gasteiger partial charge in [-0.05, 0) is 49.0 Å². The standard InChI is InChI=1S/C18H18FN3O/c1-23-18-5-3-2-4-16(18)22-17(12-15(21-22)10-11-20)13-6-8-14(19)9-7-13/h2-9,12H,10-11,20H2,1H3. The number of methoxy groups -OCH3 is 1. The van der Waals surface area contributed by atoms with Crippen molar-refractivity contribution >= 4 is 0 Å². The molecule has 0 bridgehead atoms. The van der Waals surface area contributed by atoms with Crippen LogP contribution in [-0.2, 0) is 6.42 Å². The minimum atomic E-state index is -0.265. The van der Waals surface area contributed by atoms with Crippen molar-refractivity contribution in [3.63, 3.8) is 0 Å². The predicted octanol–water partition coefficient (Wildman–Crippen LogP) is 3.19. The molecule has 1 heterocycles. The zero-order valence-electron chi connectivity index (χ0n) is 12.9. The Morgan fingerprint density at radius 3 is 2.57 bits per heavy atom. The van der Waals surface area contributed by atoms with Crippen molar-refractivity contribution < 1.29 is 9.13 Å². The third-order valence-corrected chi connectivity index (χ3v) is 3.61. The van der Waals surface area contributed by atoms with Crippen LogP contribution >= 0.6 is 0 Å². The molecule has 0 radical (unpaired) electrons. The van der Waals surface area contributed by atoms with E-state index in [9.17, 15) is 4.39 Å². The van der Waals surface area contributed by atoms with Crippen molar-refractivity contribution in [1.82, 2.24) is 9.78 Å². The van der Waals surface area contributed by atoms with Crippen LogP contribution in [0.15, 0.2) is 54.6 Å². The first-order chi connectivity index (χ1) is 11.2. The molecule has 0 aliphatic rings. The molecule has 0 fully saturated rings. The Morgan fingerprint density at radius 2 is 1.87 bits per heavy atom. The number of nitrogens with zero attached hydrogens (tertiary/aromatic N) is 2. The molecule has 4 nitrogen and oxygen atoms in total. The van der Waals surface area contributed by atoms with Crippen molar-refractivity contribution in [1.29, 1.82) is 0 Å². The minimum absolute atomic E-state index is 0.265. The summed E-state index contributed by atoms with van der Waals surface area (Å²) >= 11 is 0. The van der Waals surface area contributed by atoms with Crippen LogP contribution in [0.1, 0.15) is 5.69 Å². The minimum Gasteiger partial charge on any atom is -0.494 e. The summed E-state index contributed by atoms with van der Waals surface area (Å²) in [6.07, 6.45) is 0.677. The SMILES string of the molecule is COc1ccccc1-n1nc(CCN)cc1-c1ccc(F)cc1. The van der Waals surface area contributed by atoms with Gasteiger partial charge in [-0.1, -0.05) is 12.1 Å². The van der Waals surface area contributed by atoms with Crippen molar-refractivity contribution in [3.05, 3.63) is 66.1 Å². The highest BCUT2D eigenvalue weighted by molar-refractivity contribution is 5.64. The monoisotopic (exact) mass is 311 g/mol. The Balaban J connectivity index is 2.16. The van der Waals surface area contributed by atoms with Crippen LogP contribution in [0.25, 0.3) is 16.9 Å². The number of para-hydroxylation sites is 2. The Morgan fingerprint density at radius 1 is 1.13 bits per heavy atom. The van der Waals surface area contributed by atoms with Gasteiger partial charge in [-0.2, -0.15) is 5.10 Å². The number of hydrogen-bond donors (Lipinski definition) is 1. The van der Waals surface area contributed by atoms with Crippen molar-refractivity contribution in [2.24, 2.45) is 5.73 Å². The number of ether oxygens (including phenoxy) is 1. The highest BCUT2D eigenvalue weighted by Crippen LogP contribution is 2.29. The molecule has 0 unspecified atom stereocenters. The summed E-state index contributed by atoms with van der Waals surface area (Å²) in [5.41, 5.74) is 9.12. The van der Waals surface area contributed by atoms with Crippen LogP contribution in [0.3, 0.4) is 0 Å². The molecule has 2 N–H and O–H groups in total. The molecule has 0 aliphatic heterocycles. The second kappa shape index (κ2) is 6.62. The number of hydrogen-bond acceptors (Lipinski definition) is 3. The number of rotatable bonds is 5. The van der Waals surface area contributed by atoms with Gasteiger partial charge >= 0.3 is 0 Å². The van der Waals surface area contributed by atoms with Crippen molar-refractivity contribution in [3.8, 4) is 22.7 Å². The lowest BCUT2D eigenvalue weighted by atomic mass is 10.1. The number of halogens is 1. The summed E-state index contributed by atoms with van der Waals surface area (Å²) in [5, 5.41) is 4.64. The van der Waals surface area contributed by atoms with Gasteiger partial charge in [0, 0.05) is 12.0 Å². The van der Waals surface area contributed by atoms with E-state index in [0.717, 1.165) is 28.4 Å². The zero-order valence-corrected chi connectivity index (χ0v) is 12.9. The largest absolute Gasteiger partial charge is 0.494 e. The van der Waals surface area contributed by atoms with E-state index < -0.39 is 0 Å². The van der Waals surface area contributed by atoms with Crippen LogP contribution < -0.4 is 10.5 Å². The molecule has 0 aliphatic carbocycles. The first-order valence-corrected chi connectivity index (χ1v) is 7.41. The van der Waals surface area contributed by atoms with E-state index >= 15 is 0 Å². The molecule has 3 rings (SSSR count). The van der Waals surface area contributed by atoms with E-state index in [4.69, 9.17) is 10.5 Å². The fourth-order valence-electron chi connectivity index (χ4n) is 2.51. The maximum atomic E-state index is 13.2. The maximum Gasteiger partial charge on any atom is 0.144 e. The Kier molecular flexibility index (Phi) is 4.39. The molecule has 0 saturated heterocycles. The van der Waals surface area contributed by atoms with Gasteiger partial charge in [-0.3, -0.25) is 0 Å². The second-order valence-electron chi connectivity index (χ2n) is 5.15. The third-order valence-electron chi connectivity index (χ3n) is 3.61. The molecule has 0 spiro atoms. The molecule has 0 amide bonds.